The summed E-state index contributed by atoms with van der Waals surface area (Å²) in [5.74, 6) is -0.321. The molecule has 0 aliphatic heterocycles. The Balaban J connectivity index is 2.45. The average Bonchev–Trinajstić information content (AvgIpc) is 2.55. The molecule has 0 saturated carbocycles. The normalized spacial score (nSPS) is 10.3. The van der Waals surface area contributed by atoms with Crippen LogP contribution in [0.15, 0.2) is 24.5 Å². The van der Waals surface area contributed by atoms with Crippen molar-refractivity contribution in [2.24, 2.45) is 0 Å². The smallest absolute Gasteiger partial charge is 0.161 e. The first-order valence-electron chi connectivity index (χ1n) is 3.03. The molecular weight excluding hydrogens is 163 g/mol. The minimum atomic E-state index is -0.321. The number of aromatic nitrogens is 2. The zero-order valence-corrected chi connectivity index (χ0v) is 6.31. The molecule has 0 spiro atoms. The highest BCUT2D eigenvalue weighted by molar-refractivity contribution is 7.12. The molecule has 1 radical (unpaired) electrons. The number of thiophene rings is 1. The quantitative estimate of drug-likeness (QED) is 0.634. The fourth-order valence-corrected chi connectivity index (χ4v) is 1.36. The summed E-state index contributed by atoms with van der Waals surface area (Å²) in [5, 5.41) is 7.56. The number of rotatable bonds is 1. The predicted octanol–water partition coefficient (Wildman–Crippen LogP) is 1.87. The van der Waals surface area contributed by atoms with E-state index in [1.54, 1.807) is 6.07 Å². The van der Waals surface area contributed by atoms with Gasteiger partial charge < -0.3 is 0 Å². The third kappa shape index (κ3) is 1.17. The summed E-state index contributed by atoms with van der Waals surface area (Å²) < 4.78 is 13.9. The molecule has 0 aliphatic carbocycles. The fourth-order valence-electron chi connectivity index (χ4n) is 0.778. The number of halogens is 1. The molecule has 2 heterocycles. The molecule has 2 aromatic rings. The van der Waals surface area contributed by atoms with Gasteiger partial charge >= 0.3 is 0 Å². The van der Waals surface area contributed by atoms with Crippen LogP contribution in [0.2, 0.25) is 0 Å². The highest BCUT2D eigenvalue weighted by Crippen LogP contribution is 2.12. The van der Waals surface area contributed by atoms with E-state index < -0.39 is 0 Å². The van der Waals surface area contributed by atoms with Gasteiger partial charge in [-0.25, -0.2) is 9.07 Å². The fraction of sp³-hybridized carbons (Fsp3) is 0. The van der Waals surface area contributed by atoms with Gasteiger partial charge in [0, 0.05) is 5.38 Å². The molecule has 0 N–H and O–H groups in total. The molecule has 0 aromatic carbocycles. The van der Waals surface area contributed by atoms with Gasteiger partial charge in [0.2, 0.25) is 0 Å². The second-order valence-electron chi connectivity index (χ2n) is 1.99. The third-order valence-electron chi connectivity index (χ3n) is 1.23. The Labute approximate surface area is 66.9 Å². The summed E-state index contributed by atoms with van der Waals surface area (Å²) in [4.78, 5) is 0. The van der Waals surface area contributed by atoms with Crippen molar-refractivity contribution in [3.05, 3.63) is 35.7 Å². The summed E-state index contributed by atoms with van der Waals surface area (Å²) in [6.45, 7) is 0. The summed E-state index contributed by atoms with van der Waals surface area (Å²) in [6, 6.07) is 3.61. The summed E-state index contributed by atoms with van der Waals surface area (Å²) >= 11 is 1.40. The van der Waals surface area contributed by atoms with Crippen molar-refractivity contribution in [3.8, 4) is 5.00 Å². The second-order valence-corrected chi connectivity index (χ2v) is 2.85. The van der Waals surface area contributed by atoms with Gasteiger partial charge in [0.15, 0.2) is 5.82 Å². The van der Waals surface area contributed by atoms with E-state index in [0.29, 0.717) is 0 Å². The van der Waals surface area contributed by atoms with E-state index in [0.717, 1.165) is 5.00 Å². The lowest BCUT2D eigenvalue weighted by atomic mass is 10.6. The highest BCUT2D eigenvalue weighted by atomic mass is 32.1. The minimum Gasteiger partial charge on any atom is -0.228 e. The largest absolute Gasteiger partial charge is 0.228 e. The molecule has 0 atom stereocenters. The molecule has 2 aromatic heterocycles. The Morgan fingerprint density at radius 3 is 3.09 bits per heavy atom. The van der Waals surface area contributed by atoms with Crippen LogP contribution in [-0.4, -0.2) is 9.78 Å². The van der Waals surface area contributed by atoms with Crippen LogP contribution in [0.3, 0.4) is 0 Å². The molecule has 11 heavy (non-hydrogen) atoms. The molecule has 55 valence electrons. The molecule has 0 fully saturated rings. The van der Waals surface area contributed by atoms with Gasteiger partial charge in [-0.05, 0) is 12.1 Å². The lowest BCUT2D eigenvalue weighted by Gasteiger charge is -1.91. The van der Waals surface area contributed by atoms with Crippen LogP contribution < -0.4 is 0 Å². The molecule has 2 rings (SSSR count). The van der Waals surface area contributed by atoms with Crippen LogP contribution in [0.4, 0.5) is 4.39 Å². The molecule has 4 heteroatoms. The van der Waals surface area contributed by atoms with Gasteiger partial charge in [-0.1, -0.05) is 0 Å². The van der Waals surface area contributed by atoms with Gasteiger partial charge in [-0.3, -0.25) is 0 Å². The van der Waals surface area contributed by atoms with Crippen molar-refractivity contribution in [2.75, 3.05) is 0 Å². The van der Waals surface area contributed by atoms with E-state index in [2.05, 4.69) is 10.5 Å². The van der Waals surface area contributed by atoms with E-state index >= 15 is 0 Å². The highest BCUT2D eigenvalue weighted by Gasteiger charge is 1.99. The van der Waals surface area contributed by atoms with Crippen LogP contribution in [-0.2, 0) is 0 Å². The first kappa shape index (κ1) is 6.54. The second kappa shape index (κ2) is 2.47. The first-order chi connectivity index (χ1) is 5.36. The average molecular weight is 167 g/mol. The maximum Gasteiger partial charge on any atom is 0.161 e. The van der Waals surface area contributed by atoms with Crippen molar-refractivity contribution < 1.29 is 4.39 Å². The number of hydrogen-bond acceptors (Lipinski definition) is 2. The first-order valence-corrected chi connectivity index (χ1v) is 3.84. The van der Waals surface area contributed by atoms with Gasteiger partial charge in [-0.2, -0.15) is 5.10 Å². The summed E-state index contributed by atoms with van der Waals surface area (Å²) in [7, 11) is 0. The lowest BCUT2D eigenvalue weighted by Crippen LogP contribution is -1.88. The Hall–Kier alpha value is -1.16. The van der Waals surface area contributed by atoms with Crippen LogP contribution >= 0.6 is 11.3 Å². The molecule has 0 bridgehead atoms. The maximum absolute atomic E-state index is 12.4. The van der Waals surface area contributed by atoms with Crippen molar-refractivity contribution in [3.63, 3.8) is 0 Å². The SMILES string of the molecule is Fc1cnn(-c2cc[c]s2)c1. The molecule has 0 amide bonds. The van der Waals surface area contributed by atoms with Crippen LogP contribution in [0.25, 0.3) is 5.00 Å². The van der Waals surface area contributed by atoms with E-state index in [9.17, 15) is 4.39 Å². The Morgan fingerprint density at radius 2 is 2.55 bits per heavy atom. The summed E-state index contributed by atoms with van der Waals surface area (Å²) in [5.41, 5.74) is 0. The molecule has 0 unspecified atom stereocenters. The van der Waals surface area contributed by atoms with Gasteiger partial charge in [0.1, 0.15) is 5.00 Å². The summed E-state index contributed by atoms with van der Waals surface area (Å²) in [6.07, 6.45) is 2.51. The Bertz CT molecular complexity index is 339. The van der Waals surface area contributed by atoms with Crippen molar-refractivity contribution in [1.82, 2.24) is 9.78 Å². The number of nitrogens with zero attached hydrogens (tertiary/aromatic N) is 2. The molecule has 0 aliphatic rings. The zero-order valence-electron chi connectivity index (χ0n) is 5.49. The minimum absolute atomic E-state index is 0.321. The van der Waals surface area contributed by atoms with Gasteiger partial charge in [0.25, 0.3) is 0 Å². The topological polar surface area (TPSA) is 17.8 Å². The molecule has 2 nitrogen and oxygen atoms in total. The third-order valence-corrected chi connectivity index (χ3v) is 2.02. The monoisotopic (exact) mass is 167 g/mol. The van der Waals surface area contributed by atoms with E-state index in [1.165, 1.54) is 28.4 Å². The number of hydrogen-bond donors (Lipinski definition) is 0. The standard InChI is InChI=1S/C7H4FN2S/c8-6-4-9-10(5-6)7-2-1-3-11-7/h1-2,4-5H. The Kier molecular flexibility index (Phi) is 1.47. The molecule has 0 saturated heterocycles. The lowest BCUT2D eigenvalue weighted by molar-refractivity contribution is 0.627. The van der Waals surface area contributed by atoms with Crippen molar-refractivity contribution in [1.29, 1.82) is 0 Å². The Morgan fingerprint density at radius 1 is 1.64 bits per heavy atom. The predicted molar refractivity (Wildman–Crippen MR) is 40.2 cm³/mol. The van der Waals surface area contributed by atoms with Crippen LogP contribution in [0, 0.1) is 11.2 Å². The molecular formula is C7H4FN2S. The van der Waals surface area contributed by atoms with E-state index in [1.807, 2.05) is 6.07 Å². The maximum atomic E-state index is 12.4. The zero-order chi connectivity index (χ0) is 7.68. The van der Waals surface area contributed by atoms with Gasteiger partial charge in [-0.15, -0.1) is 11.3 Å². The van der Waals surface area contributed by atoms with E-state index in [4.69, 9.17) is 0 Å². The van der Waals surface area contributed by atoms with Crippen LogP contribution in [0.1, 0.15) is 0 Å². The van der Waals surface area contributed by atoms with E-state index in [-0.39, 0.29) is 5.82 Å². The van der Waals surface area contributed by atoms with Crippen molar-refractivity contribution in [2.45, 2.75) is 0 Å². The van der Waals surface area contributed by atoms with Gasteiger partial charge in [0.05, 0.1) is 12.4 Å². The van der Waals surface area contributed by atoms with Crippen LogP contribution in [0.5, 0.6) is 0 Å². The van der Waals surface area contributed by atoms with Crippen molar-refractivity contribution >= 4 is 11.3 Å².